The molecule has 1 unspecified atom stereocenters. The van der Waals surface area contributed by atoms with E-state index in [-0.39, 0.29) is 6.10 Å². The molecule has 0 fully saturated rings. The fourth-order valence-electron chi connectivity index (χ4n) is 2.38. The number of hydrogen-bond acceptors (Lipinski definition) is 2. The Morgan fingerprint density at radius 1 is 1.21 bits per heavy atom. The molecule has 0 aromatic heterocycles. The first-order valence-corrected chi connectivity index (χ1v) is 6.36. The fourth-order valence-corrected chi connectivity index (χ4v) is 2.38. The van der Waals surface area contributed by atoms with E-state index in [4.69, 9.17) is 9.47 Å². The zero-order chi connectivity index (χ0) is 13.2. The zero-order valence-electron chi connectivity index (χ0n) is 10.9. The molecule has 0 bridgehead atoms. The van der Waals surface area contributed by atoms with Crippen LogP contribution in [-0.2, 0) is 6.42 Å². The van der Waals surface area contributed by atoms with Crippen molar-refractivity contribution in [2.24, 2.45) is 0 Å². The number of hydrogen-bond donors (Lipinski definition) is 0. The molecule has 2 aromatic rings. The van der Waals surface area contributed by atoms with E-state index in [0.29, 0.717) is 0 Å². The summed E-state index contributed by atoms with van der Waals surface area (Å²) in [7, 11) is 1.68. The molecule has 1 aliphatic heterocycles. The molecule has 0 saturated heterocycles. The first-order chi connectivity index (χ1) is 9.30. The number of benzene rings is 2. The summed E-state index contributed by atoms with van der Waals surface area (Å²) in [6.07, 6.45) is 2.83. The van der Waals surface area contributed by atoms with E-state index in [1.165, 1.54) is 11.1 Å². The van der Waals surface area contributed by atoms with E-state index in [1.807, 2.05) is 24.3 Å². The Morgan fingerprint density at radius 3 is 2.68 bits per heavy atom. The number of methoxy groups -OCH3 is 1. The first kappa shape index (κ1) is 11.8. The van der Waals surface area contributed by atoms with Gasteiger partial charge < -0.3 is 9.47 Å². The fraction of sp³-hybridized carbons (Fsp3) is 0.176. The highest BCUT2D eigenvalue weighted by atomic mass is 16.5. The van der Waals surface area contributed by atoms with Crippen LogP contribution in [0, 0.1) is 0 Å². The summed E-state index contributed by atoms with van der Waals surface area (Å²) in [5.74, 6) is 1.84. The van der Waals surface area contributed by atoms with E-state index in [1.54, 1.807) is 7.11 Å². The third-order valence-electron chi connectivity index (χ3n) is 3.49. The predicted octanol–water partition coefficient (Wildman–Crippen LogP) is 4.01. The Bertz CT molecular complexity index is 599. The second kappa shape index (κ2) is 4.81. The molecule has 1 atom stereocenters. The maximum absolute atomic E-state index is 5.98. The molecule has 0 amide bonds. The molecule has 0 N–H and O–H groups in total. The van der Waals surface area contributed by atoms with Crippen molar-refractivity contribution in [2.75, 3.05) is 7.11 Å². The van der Waals surface area contributed by atoms with Gasteiger partial charge in [-0.25, -0.2) is 0 Å². The van der Waals surface area contributed by atoms with Gasteiger partial charge in [-0.15, -0.1) is 0 Å². The van der Waals surface area contributed by atoms with Crippen LogP contribution in [-0.4, -0.2) is 7.11 Å². The third-order valence-corrected chi connectivity index (χ3v) is 3.49. The van der Waals surface area contributed by atoms with Gasteiger partial charge in [-0.1, -0.05) is 36.9 Å². The lowest BCUT2D eigenvalue weighted by Gasteiger charge is -2.11. The van der Waals surface area contributed by atoms with Gasteiger partial charge in [-0.3, -0.25) is 0 Å². The lowest BCUT2D eigenvalue weighted by molar-refractivity contribution is 0.238. The minimum Gasteiger partial charge on any atom is -0.497 e. The Labute approximate surface area is 113 Å². The molecule has 1 heterocycles. The maximum atomic E-state index is 5.98. The Balaban J connectivity index is 1.84. The van der Waals surface area contributed by atoms with Gasteiger partial charge in [0, 0.05) is 12.0 Å². The van der Waals surface area contributed by atoms with Crippen LogP contribution >= 0.6 is 0 Å². The SMILES string of the molecule is C=Cc1ccc(C2Cc3cc(OC)ccc3O2)cc1. The molecule has 0 aliphatic carbocycles. The van der Waals surface area contributed by atoms with Gasteiger partial charge in [0.1, 0.15) is 17.6 Å². The van der Waals surface area contributed by atoms with Crippen LogP contribution in [0.4, 0.5) is 0 Å². The molecule has 0 spiro atoms. The van der Waals surface area contributed by atoms with Gasteiger partial charge in [0.15, 0.2) is 0 Å². The minimum absolute atomic E-state index is 0.0981. The highest BCUT2D eigenvalue weighted by molar-refractivity contribution is 5.49. The van der Waals surface area contributed by atoms with Gasteiger partial charge in [0.25, 0.3) is 0 Å². The van der Waals surface area contributed by atoms with Crippen LogP contribution in [0.15, 0.2) is 49.0 Å². The number of rotatable bonds is 3. The molecule has 96 valence electrons. The summed E-state index contributed by atoms with van der Waals surface area (Å²) in [5.41, 5.74) is 3.53. The topological polar surface area (TPSA) is 18.5 Å². The van der Waals surface area contributed by atoms with E-state index in [0.717, 1.165) is 23.5 Å². The lowest BCUT2D eigenvalue weighted by Crippen LogP contribution is -2.02. The van der Waals surface area contributed by atoms with Crippen LogP contribution in [0.25, 0.3) is 6.08 Å². The van der Waals surface area contributed by atoms with Crippen molar-refractivity contribution in [3.05, 3.63) is 65.7 Å². The van der Waals surface area contributed by atoms with E-state index in [9.17, 15) is 0 Å². The van der Waals surface area contributed by atoms with Crippen LogP contribution in [0.3, 0.4) is 0 Å². The monoisotopic (exact) mass is 252 g/mol. The Kier molecular flexibility index (Phi) is 3.00. The molecular weight excluding hydrogens is 236 g/mol. The average Bonchev–Trinajstić information content (AvgIpc) is 2.90. The molecular formula is C17H16O2. The molecule has 1 aliphatic rings. The lowest BCUT2D eigenvalue weighted by atomic mass is 10.0. The van der Waals surface area contributed by atoms with E-state index in [2.05, 4.69) is 30.8 Å². The van der Waals surface area contributed by atoms with Gasteiger partial charge in [-0.2, -0.15) is 0 Å². The van der Waals surface area contributed by atoms with Gasteiger partial charge >= 0.3 is 0 Å². The zero-order valence-corrected chi connectivity index (χ0v) is 10.9. The Morgan fingerprint density at radius 2 is 2.00 bits per heavy atom. The Hall–Kier alpha value is -2.22. The second-order valence-electron chi connectivity index (χ2n) is 4.66. The van der Waals surface area contributed by atoms with Gasteiger partial charge in [0.2, 0.25) is 0 Å². The maximum Gasteiger partial charge on any atom is 0.128 e. The first-order valence-electron chi connectivity index (χ1n) is 6.36. The molecule has 0 radical (unpaired) electrons. The van der Waals surface area contributed by atoms with Crippen molar-refractivity contribution >= 4 is 6.08 Å². The standard InChI is InChI=1S/C17H16O2/c1-3-12-4-6-13(7-5-12)17-11-14-10-15(18-2)8-9-16(14)19-17/h3-10,17H,1,11H2,2H3. The highest BCUT2D eigenvalue weighted by Gasteiger charge is 2.24. The van der Waals surface area contributed by atoms with Crippen LogP contribution in [0.1, 0.15) is 22.8 Å². The molecule has 0 saturated carbocycles. The van der Waals surface area contributed by atoms with E-state index < -0.39 is 0 Å². The minimum atomic E-state index is 0.0981. The summed E-state index contributed by atoms with van der Waals surface area (Å²) in [6.45, 7) is 3.76. The van der Waals surface area contributed by atoms with Crippen molar-refractivity contribution in [2.45, 2.75) is 12.5 Å². The molecule has 2 nitrogen and oxygen atoms in total. The predicted molar refractivity (Wildman–Crippen MR) is 76.6 cm³/mol. The molecule has 19 heavy (non-hydrogen) atoms. The van der Waals surface area contributed by atoms with Crippen LogP contribution < -0.4 is 9.47 Å². The van der Waals surface area contributed by atoms with Crippen molar-refractivity contribution in [3.63, 3.8) is 0 Å². The summed E-state index contributed by atoms with van der Waals surface area (Å²) >= 11 is 0. The van der Waals surface area contributed by atoms with Crippen LogP contribution in [0.2, 0.25) is 0 Å². The number of ether oxygens (including phenoxy) is 2. The highest BCUT2D eigenvalue weighted by Crippen LogP contribution is 2.38. The van der Waals surface area contributed by atoms with Crippen molar-refractivity contribution in [1.82, 2.24) is 0 Å². The molecule has 2 heteroatoms. The average molecular weight is 252 g/mol. The molecule has 2 aromatic carbocycles. The summed E-state index contributed by atoms with van der Waals surface area (Å²) in [4.78, 5) is 0. The van der Waals surface area contributed by atoms with Gasteiger partial charge in [0.05, 0.1) is 7.11 Å². The van der Waals surface area contributed by atoms with E-state index >= 15 is 0 Å². The normalized spacial score (nSPS) is 16.6. The third kappa shape index (κ3) is 2.22. The van der Waals surface area contributed by atoms with Crippen molar-refractivity contribution in [3.8, 4) is 11.5 Å². The van der Waals surface area contributed by atoms with Gasteiger partial charge in [-0.05, 0) is 29.3 Å². The van der Waals surface area contributed by atoms with Crippen LogP contribution in [0.5, 0.6) is 11.5 Å². The smallest absolute Gasteiger partial charge is 0.128 e. The summed E-state index contributed by atoms with van der Waals surface area (Å²) in [5, 5.41) is 0. The quantitative estimate of drug-likeness (QED) is 0.821. The molecule has 3 rings (SSSR count). The second-order valence-corrected chi connectivity index (χ2v) is 4.66. The summed E-state index contributed by atoms with van der Waals surface area (Å²) in [6, 6.07) is 14.3. The van der Waals surface area contributed by atoms with Crippen molar-refractivity contribution in [1.29, 1.82) is 0 Å². The number of fused-ring (bicyclic) bond motifs is 1. The largest absolute Gasteiger partial charge is 0.497 e. The summed E-state index contributed by atoms with van der Waals surface area (Å²) < 4.78 is 11.2. The van der Waals surface area contributed by atoms with Crippen molar-refractivity contribution < 1.29 is 9.47 Å².